The van der Waals surface area contributed by atoms with E-state index in [-0.39, 0.29) is 0 Å². The van der Waals surface area contributed by atoms with Crippen LogP contribution in [0.2, 0.25) is 0 Å². The molecular formula is C13H23N3. The first-order chi connectivity index (χ1) is 7.70. The number of piperidine rings is 1. The first-order valence-electron chi connectivity index (χ1n) is 6.22. The maximum atomic E-state index is 3.56. The van der Waals surface area contributed by atoms with Crippen LogP contribution in [0.1, 0.15) is 35.7 Å². The second kappa shape index (κ2) is 5.02. The van der Waals surface area contributed by atoms with Gasteiger partial charge in [0.15, 0.2) is 0 Å². The lowest BCUT2D eigenvalue weighted by Gasteiger charge is -2.28. The van der Waals surface area contributed by atoms with E-state index in [2.05, 4.69) is 35.2 Å². The summed E-state index contributed by atoms with van der Waals surface area (Å²) in [6.45, 7) is 5.59. The Bertz CT molecular complexity index is 335. The zero-order chi connectivity index (χ0) is 11.5. The third-order valence-electron chi connectivity index (χ3n) is 3.67. The predicted molar refractivity (Wildman–Crippen MR) is 67.8 cm³/mol. The Kier molecular flexibility index (Phi) is 3.66. The van der Waals surface area contributed by atoms with Crippen LogP contribution in [0.3, 0.4) is 0 Å². The lowest BCUT2D eigenvalue weighted by molar-refractivity contribution is 0.253. The lowest BCUT2D eigenvalue weighted by Crippen LogP contribution is -2.29. The molecule has 3 nitrogen and oxygen atoms in total. The number of nitrogens with zero attached hydrogens (tertiary/aromatic N) is 1. The maximum Gasteiger partial charge on any atom is 0.0220 e. The van der Waals surface area contributed by atoms with Crippen LogP contribution in [0.4, 0.5) is 0 Å². The molecule has 0 unspecified atom stereocenters. The number of hydrogen-bond donors (Lipinski definition) is 2. The fourth-order valence-corrected chi connectivity index (χ4v) is 2.54. The van der Waals surface area contributed by atoms with Crippen molar-refractivity contribution < 1.29 is 0 Å². The van der Waals surface area contributed by atoms with Gasteiger partial charge in [0.2, 0.25) is 0 Å². The van der Waals surface area contributed by atoms with Gasteiger partial charge in [-0.25, -0.2) is 0 Å². The Morgan fingerprint density at radius 2 is 2.12 bits per heavy atom. The largest absolute Gasteiger partial charge is 0.362 e. The fourth-order valence-electron chi connectivity index (χ4n) is 2.54. The minimum atomic E-state index is 0.737. The molecule has 1 aromatic heterocycles. The molecule has 0 spiro atoms. The van der Waals surface area contributed by atoms with Gasteiger partial charge in [0, 0.05) is 23.9 Å². The molecule has 1 aromatic rings. The molecule has 16 heavy (non-hydrogen) atoms. The summed E-state index contributed by atoms with van der Waals surface area (Å²) in [6, 6.07) is 2.35. The number of aromatic amines is 1. The van der Waals surface area contributed by atoms with E-state index >= 15 is 0 Å². The van der Waals surface area contributed by atoms with Gasteiger partial charge in [-0.1, -0.05) is 0 Å². The van der Waals surface area contributed by atoms with Crippen LogP contribution in [0.25, 0.3) is 0 Å². The molecule has 1 fully saturated rings. The van der Waals surface area contributed by atoms with E-state index in [0.717, 1.165) is 12.5 Å². The molecule has 0 saturated carbocycles. The van der Waals surface area contributed by atoms with Gasteiger partial charge in [-0.15, -0.1) is 0 Å². The average Bonchev–Trinajstić information content (AvgIpc) is 2.62. The van der Waals surface area contributed by atoms with Crippen LogP contribution in [0.5, 0.6) is 0 Å². The van der Waals surface area contributed by atoms with Crippen LogP contribution in [-0.4, -0.2) is 37.1 Å². The summed E-state index contributed by atoms with van der Waals surface area (Å²) in [5, 5.41) is 3.22. The van der Waals surface area contributed by atoms with Crippen molar-refractivity contribution in [2.75, 3.05) is 27.2 Å². The second-order valence-corrected chi connectivity index (χ2v) is 4.98. The van der Waals surface area contributed by atoms with Crippen LogP contribution in [0, 0.1) is 6.92 Å². The van der Waals surface area contributed by atoms with E-state index in [0.29, 0.717) is 0 Å². The number of likely N-dealkylation sites (tertiary alicyclic amines) is 1. The third-order valence-corrected chi connectivity index (χ3v) is 3.67. The highest BCUT2D eigenvalue weighted by atomic mass is 15.1. The maximum absolute atomic E-state index is 3.56. The second-order valence-electron chi connectivity index (χ2n) is 4.98. The van der Waals surface area contributed by atoms with Crippen LogP contribution >= 0.6 is 0 Å². The summed E-state index contributed by atoms with van der Waals surface area (Å²) in [4.78, 5) is 5.97. The van der Waals surface area contributed by atoms with Crippen molar-refractivity contribution in [2.45, 2.75) is 32.2 Å². The Labute approximate surface area is 98.2 Å². The van der Waals surface area contributed by atoms with Crippen molar-refractivity contribution in [3.05, 3.63) is 23.0 Å². The van der Waals surface area contributed by atoms with Gasteiger partial charge in [-0.05, 0) is 58.6 Å². The molecule has 0 aliphatic carbocycles. The van der Waals surface area contributed by atoms with Crippen molar-refractivity contribution in [1.29, 1.82) is 0 Å². The van der Waals surface area contributed by atoms with Gasteiger partial charge < -0.3 is 15.2 Å². The summed E-state index contributed by atoms with van der Waals surface area (Å²) in [6.07, 6.45) is 2.57. The van der Waals surface area contributed by atoms with E-state index in [4.69, 9.17) is 0 Å². The molecule has 1 aliphatic rings. The molecule has 0 atom stereocenters. The Hall–Kier alpha value is -0.800. The average molecular weight is 221 g/mol. The smallest absolute Gasteiger partial charge is 0.0220 e. The number of rotatable bonds is 3. The van der Waals surface area contributed by atoms with E-state index in [9.17, 15) is 0 Å². The van der Waals surface area contributed by atoms with Gasteiger partial charge in [0.25, 0.3) is 0 Å². The van der Waals surface area contributed by atoms with E-state index in [1.54, 1.807) is 0 Å². The van der Waals surface area contributed by atoms with Gasteiger partial charge in [-0.2, -0.15) is 0 Å². The molecule has 0 aromatic carbocycles. The number of aromatic nitrogens is 1. The van der Waals surface area contributed by atoms with Gasteiger partial charge in [-0.3, -0.25) is 0 Å². The highest BCUT2D eigenvalue weighted by molar-refractivity contribution is 5.27. The summed E-state index contributed by atoms with van der Waals surface area (Å²) in [5.74, 6) is 0.737. The highest BCUT2D eigenvalue weighted by Crippen LogP contribution is 2.28. The van der Waals surface area contributed by atoms with Gasteiger partial charge in [0.1, 0.15) is 0 Å². The third kappa shape index (κ3) is 2.47. The van der Waals surface area contributed by atoms with Crippen molar-refractivity contribution in [3.63, 3.8) is 0 Å². The number of hydrogen-bond acceptors (Lipinski definition) is 2. The molecule has 1 saturated heterocycles. The number of aryl methyl sites for hydroxylation is 1. The molecule has 0 amide bonds. The summed E-state index contributed by atoms with van der Waals surface area (Å²) in [5.41, 5.74) is 4.18. The van der Waals surface area contributed by atoms with E-state index in [1.165, 1.54) is 42.9 Å². The molecule has 90 valence electrons. The van der Waals surface area contributed by atoms with Crippen LogP contribution in [0.15, 0.2) is 6.07 Å². The zero-order valence-corrected chi connectivity index (χ0v) is 10.6. The molecule has 0 bridgehead atoms. The molecule has 0 radical (unpaired) electrons. The lowest BCUT2D eigenvalue weighted by atomic mass is 9.94. The molecule has 2 N–H and O–H groups in total. The Morgan fingerprint density at radius 1 is 1.44 bits per heavy atom. The SMILES string of the molecule is CNCc1cc(C2CCN(C)CC2)[nH]c1C. The van der Waals surface area contributed by atoms with Gasteiger partial charge >= 0.3 is 0 Å². The molecule has 2 rings (SSSR count). The minimum absolute atomic E-state index is 0.737. The number of H-pyrrole nitrogens is 1. The zero-order valence-electron chi connectivity index (χ0n) is 10.6. The van der Waals surface area contributed by atoms with Crippen molar-refractivity contribution >= 4 is 0 Å². The minimum Gasteiger partial charge on any atom is -0.362 e. The molecular weight excluding hydrogens is 198 g/mol. The first kappa shape index (κ1) is 11.7. The Morgan fingerprint density at radius 3 is 2.75 bits per heavy atom. The van der Waals surface area contributed by atoms with Gasteiger partial charge in [0.05, 0.1) is 0 Å². The normalized spacial score (nSPS) is 19.2. The van der Waals surface area contributed by atoms with Crippen molar-refractivity contribution in [3.8, 4) is 0 Å². The predicted octanol–water partition coefficient (Wildman–Crippen LogP) is 1.85. The van der Waals surface area contributed by atoms with E-state index < -0.39 is 0 Å². The molecule has 2 heterocycles. The number of nitrogens with one attached hydrogen (secondary N) is 2. The molecule has 1 aliphatic heterocycles. The monoisotopic (exact) mass is 221 g/mol. The van der Waals surface area contributed by atoms with Crippen LogP contribution in [-0.2, 0) is 6.54 Å². The van der Waals surface area contributed by atoms with Crippen LogP contribution < -0.4 is 5.32 Å². The standard InChI is InChI=1S/C13H23N3/c1-10-12(9-14-2)8-13(15-10)11-4-6-16(3)7-5-11/h8,11,14-15H,4-7,9H2,1-3H3. The highest BCUT2D eigenvalue weighted by Gasteiger charge is 2.20. The molecule has 3 heteroatoms. The van der Waals surface area contributed by atoms with Crippen molar-refractivity contribution in [1.82, 2.24) is 15.2 Å². The topological polar surface area (TPSA) is 31.1 Å². The first-order valence-corrected chi connectivity index (χ1v) is 6.22. The summed E-state index contributed by atoms with van der Waals surface area (Å²) < 4.78 is 0. The van der Waals surface area contributed by atoms with Crippen molar-refractivity contribution in [2.24, 2.45) is 0 Å². The fraction of sp³-hybridized carbons (Fsp3) is 0.692. The summed E-state index contributed by atoms with van der Waals surface area (Å²) in [7, 11) is 4.21. The summed E-state index contributed by atoms with van der Waals surface area (Å²) >= 11 is 0. The quantitative estimate of drug-likeness (QED) is 0.816. The van der Waals surface area contributed by atoms with E-state index in [1.807, 2.05) is 7.05 Å². The Balaban J connectivity index is 2.06.